The molecule has 2 aromatic heterocycles. The van der Waals surface area contributed by atoms with Crippen LogP contribution in [0.4, 0.5) is 0 Å². The van der Waals surface area contributed by atoms with Gasteiger partial charge in [0.25, 0.3) is 5.91 Å². The van der Waals surface area contributed by atoms with Crippen LogP contribution >= 0.6 is 0 Å². The second-order valence-corrected chi connectivity index (χ2v) is 9.22. The number of amides is 1. The monoisotopic (exact) mass is 464 g/mol. The summed E-state index contributed by atoms with van der Waals surface area (Å²) in [6.45, 7) is 7.88. The summed E-state index contributed by atoms with van der Waals surface area (Å²) in [6.07, 6.45) is 1.77. The number of hydrogen-bond acceptors (Lipinski definition) is 5. The molecule has 0 unspecified atom stereocenters. The van der Waals surface area contributed by atoms with Crippen LogP contribution in [0, 0.1) is 11.3 Å². The highest BCUT2D eigenvalue weighted by molar-refractivity contribution is 6.06. The maximum Gasteiger partial charge on any atom is 0.254 e. The van der Waals surface area contributed by atoms with E-state index in [1.54, 1.807) is 6.20 Å². The number of benzene rings is 2. The first-order chi connectivity index (χ1) is 17.0. The zero-order chi connectivity index (χ0) is 24.4. The summed E-state index contributed by atoms with van der Waals surface area (Å²) in [5, 5.41) is 14.3. The third kappa shape index (κ3) is 4.66. The van der Waals surface area contributed by atoms with Crippen LogP contribution in [0.5, 0.6) is 0 Å². The zero-order valence-electron chi connectivity index (χ0n) is 20.1. The van der Waals surface area contributed by atoms with Crippen LogP contribution in [0.15, 0.2) is 66.9 Å². The fraction of sp³-hybridized carbons (Fsp3) is 0.286. The van der Waals surface area contributed by atoms with Gasteiger partial charge >= 0.3 is 0 Å². The molecule has 0 bridgehead atoms. The van der Waals surface area contributed by atoms with Crippen LogP contribution < -0.4 is 0 Å². The Kier molecular flexibility index (Phi) is 6.30. The van der Waals surface area contributed by atoms with Crippen molar-refractivity contribution in [2.75, 3.05) is 26.2 Å². The zero-order valence-corrected chi connectivity index (χ0v) is 20.1. The Labute approximate surface area is 205 Å². The quantitative estimate of drug-likeness (QED) is 0.434. The van der Waals surface area contributed by atoms with E-state index in [1.165, 1.54) is 5.56 Å². The van der Waals surface area contributed by atoms with E-state index in [4.69, 9.17) is 10.2 Å². The third-order valence-electron chi connectivity index (χ3n) is 6.50. The molecular formula is C28H28N6O. The lowest BCUT2D eigenvalue weighted by molar-refractivity contribution is 0.0630. The number of hydrogen-bond donors (Lipinski definition) is 0. The molecular weight excluding hydrogens is 436 g/mol. The van der Waals surface area contributed by atoms with Crippen LogP contribution in [0.25, 0.3) is 22.3 Å². The SMILES string of the molecule is CC(C)n1ncc2c(C(=O)N3CCN(Cc4ccc(C#N)cc4)CC3)cc(-c3ccccc3)nc21. The summed E-state index contributed by atoms with van der Waals surface area (Å²) >= 11 is 0. The number of pyridine rings is 1. The summed E-state index contributed by atoms with van der Waals surface area (Å²) in [5.74, 6) is 0.0240. The average Bonchev–Trinajstić information content (AvgIpc) is 3.34. The van der Waals surface area contributed by atoms with Crippen LogP contribution in [-0.4, -0.2) is 56.7 Å². The largest absolute Gasteiger partial charge is 0.336 e. The Morgan fingerprint density at radius 1 is 1.03 bits per heavy atom. The van der Waals surface area contributed by atoms with Gasteiger partial charge in [0.15, 0.2) is 5.65 Å². The Morgan fingerprint density at radius 3 is 2.40 bits per heavy atom. The smallest absolute Gasteiger partial charge is 0.254 e. The lowest BCUT2D eigenvalue weighted by Crippen LogP contribution is -2.48. The molecule has 1 aliphatic heterocycles. The van der Waals surface area contributed by atoms with E-state index in [0.717, 1.165) is 41.9 Å². The second-order valence-electron chi connectivity index (χ2n) is 9.22. The van der Waals surface area contributed by atoms with Crippen molar-refractivity contribution in [2.24, 2.45) is 0 Å². The molecule has 2 aromatic carbocycles. The van der Waals surface area contributed by atoms with Crippen molar-refractivity contribution in [1.29, 1.82) is 5.26 Å². The standard InChI is InChI=1S/C28H28N6O/c1-20(2)34-27-25(18-30-34)24(16-26(31-27)23-6-4-3-5-7-23)28(35)33-14-12-32(13-15-33)19-22-10-8-21(17-29)9-11-22/h3-11,16,18,20H,12-15,19H2,1-2H3. The first kappa shape index (κ1) is 22.8. The van der Waals surface area contributed by atoms with Gasteiger partial charge in [-0.2, -0.15) is 10.4 Å². The first-order valence-corrected chi connectivity index (χ1v) is 12.0. The van der Waals surface area contributed by atoms with Gasteiger partial charge in [-0.3, -0.25) is 9.69 Å². The normalized spacial score (nSPS) is 14.4. The van der Waals surface area contributed by atoms with Crippen molar-refractivity contribution in [2.45, 2.75) is 26.4 Å². The molecule has 4 aromatic rings. The number of fused-ring (bicyclic) bond motifs is 1. The molecule has 0 saturated carbocycles. The average molecular weight is 465 g/mol. The minimum atomic E-state index is 0.0240. The van der Waals surface area contributed by atoms with E-state index in [2.05, 4.69) is 29.9 Å². The topological polar surface area (TPSA) is 78.0 Å². The van der Waals surface area contributed by atoms with Crippen LogP contribution in [-0.2, 0) is 6.54 Å². The lowest BCUT2D eigenvalue weighted by atomic mass is 10.1. The van der Waals surface area contributed by atoms with Gasteiger partial charge in [-0.25, -0.2) is 9.67 Å². The van der Waals surface area contributed by atoms with E-state index >= 15 is 0 Å². The molecule has 0 N–H and O–H groups in total. The molecule has 1 saturated heterocycles. The predicted octanol–water partition coefficient (Wildman–Crippen LogP) is 4.51. The number of aromatic nitrogens is 3. The number of nitrogens with zero attached hydrogens (tertiary/aromatic N) is 6. The van der Waals surface area contributed by atoms with Crippen molar-refractivity contribution in [3.8, 4) is 17.3 Å². The number of carbonyl (C=O) groups excluding carboxylic acids is 1. The molecule has 1 amide bonds. The van der Waals surface area contributed by atoms with Crippen molar-refractivity contribution < 1.29 is 4.79 Å². The third-order valence-corrected chi connectivity index (χ3v) is 6.50. The van der Waals surface area contributed by atoms with Crippen molar-refractivity contribution in [3.05, 3.63) is 83.6 Å². The summed E-state index contributed by atoms with van der Waals surface area (Å²) in [7, 11) is 0. The molecule has 176 valence electrons. The molecule has 3 heterocycles. The van der Waals surface area contributed by atoms with Crippen molar-refractivity contribution in [3.63, 3.8) is 0 Å². The molecule has 1 aliphatic rings. The van der Waals surface area contributed by atoms with E-state index in [-0.39, 0.29) is 11.9 Å². The van der Waals surface area contributed by atoms with Gasteiger partial charge in [0.2, 0.25) is 0 Å². The highest BCUT2D eigenvalue weighted by atomic mass is 16.2. The second kappa shape index (κ2) is 9.69. The summed E-state index contributed by atoms with van der Waals surface area (Å²) in [4.78, 5) is 22.9. The van der Waals surface area contributed by atoms with Gasteiger partial charge in [-0.1, -0.05) is 42.5 Å². The fourth-order valence-electron chi connectivity index (χ4n) is 4.55. The first-order valence-electron chi connectivity index (χ1n) is 12.0. The Bertz CT molecular complexity index is 1380. The molecule has 7 nitrogen and oxygen atoms in total. The van der Waals surface area contributed by atoms with Gasteiger partial charge in [-0.05, 0) is 37.6 Å². The predicted molar refractivity (Wildman–Crippen MR) is 136 cm³/mol. The van der Waals surface area contributed by atoms with Gasteiger partial charge < -0.3 is 4.90 Å². The van der Waals surface area contributed by atoms with E-state index in [1.807, 2.05) is 70.2 Å². The van der Waals surface area contributed by atoms with Crippen LogP contribution in [0.3, 0.4) is 0 Å². The van der Waals surface area contributed by atoms with E-state index in [9.17, 15) is 4.79 Å². The Hall–Kier alpha value is -4.02. The molecule has 0 atom stereocenters. The van der Waals surface area contributed by atoms with Crippen molar-refractivity contribution in [1.82, 2.24) is 24.6 Å². The number of carbonyl (C=O) groups is 1. The van der Waals surface area contributed by atoms with E-state index < -0.39 is 0 Å². The summed E-state index contributed by atoms with van der Waals surface area (Å²) in [5.41, 5.74) is 5.00. The van der Waals surface area contributed by atoms with E-state index in [0.29, 0.717) is 24.2 Å². The van der Waals surface area contributed by atoms with Gasteiger partial charge in [0, 0.05) is 44.3 Å². The summed E-state index contributed by atoms with van der Waals surface area (Å²) in [6, 6.07) is 21.9. The van der Waals surface area contributed by atoms with Gasteiger partial charge in [-0.15, -0.1) is 0 Å². The molecule has 0 radical (unpaired) electrons. The molecule has 0 spiro atoms. The highest BCUT2D eigenvalue weighted by Gasteiger charge is 2.26. The number of rotatable bonds is 5. The summed E-state index contributed by atoms with van der Waals surface area (Å²) < 4.78 is 1.88. The highest BCUT2D eigenvalue weighted by Crippen LogP contribution is 2.27. The van der Waals surface area contributed by atoms with Gasteiger partial charge in [0.05, 0.1) is 34.5 Å². The van der Waals surface area contributed by atoms with Crippen molar-refractivity contribution >= 4 is 16.9 Å². The fourth-order valence-corrected chi connectivity index (χ4v) is 4.55. The van der Waals surface area contributed by atoms with Crippen LogP contribution in [0.1, 0.15) is 41.4 Å². The van der Waals surface area contributed by atoms with Gasteiger partial charge in [0.1, 0.15) is 0 Å². The minimum absolute atomic E-state index is 0.0240. The maximum absolute atomic E-state index is 13.7. The lowest BCUT2D eigenvalue weighted by Gasteiger charge is -2.35. The molecule has 5 rings (SSSR count). The Morgan fingerprint density at radius 2 is 1.74 bits per heavy atom. The molecule has 35 heavy (non-hydrogen) atoms. The number of piperazine rings is 1. The molecule has 7 heteroatoms. The molecule has 1 fully saturated rings. The van der Waals surface area contributed by atoms with Crippen LogP contribution in [0.2, 0.25) is 0 Å². The minimum Gasteiger partial charge on any atom is -0.336 e. The number of nitriles is 1. The Balaban J connectivity index is 1.38. The maximum atomic E-state index is 13.7. The molecule has 0 aliphatic carbocycles.